The zero-order valence-corrected chi connectivity index (χ0v) is 11.1. The normalized spacial score (nSPS) is 23.5. The molecule has 5 nitrogen and oxygen atoms in total. The maximum atomic E-state index is 13.3. The van der Waals surface area contributed by atoms with Gasteiger partial charge in [0.05, 0.1) is 12.0 Å². The van der Waals surface area contributed by atoms with Crippen LogP contribution in [0.3, 0.4) is 0 Å². The molecule has 2 atom stereocenters. The van der Waals surface area contributed by atoms with Gasteiger partial charge >= 0.3 is 12.1 Å². The van der Waals surface area contributed by atoms with Gasteiger partial charge in [0.1, 0.15) is 6.61 Å². The molecule has 0 heterocycles. The fraction of sp³-hybridized carbons (Fsp3) is 0.429. The van der Waals surface area contributed by atoms with Gasteiger partial charge in [-0.15, -0.1) is 0 Å². The van der Waals surface area contributed by atoms with E-state index >= 15 is 0 Å². The van der Waals surface area contributed by atoms with Crippen molar-refractivity contribution in [2.75, 3.05) is 0 Å². The highest BCUT2D eigenvalue weighted by atomic mass is 19.3. The Kier molecular flexibility index (Phi) is 4.40. The first-order chi connectivity index (χ1) is 9.87. The van der Waals surface area contributed by atoms with Gasteiger partial charge in [0.15, 0.2) is 0 Å². The molecule has 0 bridgehead atoms. The molecule has 1 aliphatic rings. The molecule has 0 unspecified atom stereocenters. The van der Waals surface area contributed by atoms with Crippen molar-refractivity contribution in [3.8, 4) is 0 Å². The van der Waals surface area contributed by atoms with Crippen LogP contribution in [0.25, 0.3) is 0 Å². The van der Waals surface area contributed by atoms with Crippen LogP contribution >= 0.6 is 0 Å². The molecule has 0 radical (unpaired) electrons. The molecule has 0 aliphatic heterocycles. The van der Waals surface area contributed by atoms with Crippen LogP contribution in [0, 0.1) is 5.92 Å². The third-order valence-corrected chi connectivity index (χ3v) is 3.36. The SMILES string of the molecule is O=C(N[C@@H]1CC(F)(F)C[C@H]1C(=O)O)OCc1ccccc1. The fourth-order valence-electron chi connectivity index (χ4n) is 2.34. The maximum absolute atomic E-state index is 13.3. The second-order valence-electron chi connectivity index (χ2n) is 5.02. The van der Waals surface area contributed by atoms with E-state index in [1.54, 1.807) is 24.3 Å². The summed E-state index contributed by atoms with van der Waals surface area (Å²) >= 11 is 0. The van der Waals surface area contributed by atoms with Crippen molar-refractivity contribution in [1.29, 1.82) is 0 Å². The highest BCUT2D eigenvalue weighted by molar-refractivity contribution is 5.74. The molecule has 2 rings (SSSR count). The molecule has 21 heavy (non-hydrogen) atoms. The Balaban J connectivity index is 1.88. The minimum Gasteiger partial charge on any atom is -0.481 e. The van der Waals surface area contributed by atoms with E-state index in [0.29, 0.717) is 0 Å². The van der Waals surface area contributed by atoms with Gasteiger partial charge in [-0.05, 0) is 5.56 Å². The fourth-order valence-corrected chi connectivity index (χ4v) is 2.34. The van der Waals surface area contributed by atoms with Crippen LogP contribution in [0.2, 0.25) is 0 Å². The van der Waals surface area contributed by atoms with Gasteiger partial charge in [-0.2, -0.15) is 0 Å². The molecular formula is C14H15F2NO4. The summed E-state index contributed by atoms with van der Waals surface area (Å²) in [6.45, 7) is -0.00642. The van der Waals surface area contributed by atoms with Gasteiger partial charge < -0.3 is 15.2 Å². The summed E-state index contributed by atoms with van der Waals surface area (Å²) in [5.41, 5.74) is 0.749. The van der Waals surface area contributed by atoms with Crippen molar-refractivity contribution in [3.05, 3.63) is 35.9 Å². The smallest absolute Gasteiger partial charge is 0.407 e. The first-order valence-electron chi connectivity index (χ1n) is 6.45. The second kappa shape index (κ2) is 6.07. The number of hydrogen-bond donors (Lipinski definition) is 2. The maximum Gasteiger partial charge on any atom is 0.407 e. The van der Waals surface area contributed by atoms with Crippen LogP contribution in [0.1, 0.15) is 18.4 Å². The predicted molar refractivity (Wildman–Crippen MR) is 68.9 cm³/mol. The van der Waals surface area contributed by atoms with Crippen molar-refractivity contribution in [2.24, 2.45) is 5.92 Å². The standard InChI is InChI=1S/C14H15F2NO4/c15-14(16)6-10(12(18)19)11(7-14)17-13(20)21-8-9-4-2-1-3-5-9/h1-5,10-11H,6-8H2,(H,17,20)(H,18,19)/t10-,11-/m1/s1. The second-order valence-corrected chi connectivity index (χ2v) is 5.02. The van der Waals surface area contributed by atoms with E-state index in [0.717, 1.165) is 5.56 Å². The van der Waals surface area contributed by atoms with E-state index in [4.69, 9.17) is 9.84 Å². The van der Waals surface area contributed by atoms with E-state index < -0.39 is 42.8 Å². The van der Waals surface area contributed by atoms with Crippen LogP contribution in [0.4, 0.5) is 13.6 Å². The van der Waals surface area contributed by atoms with Crippen molar-refractivity contribution >= 4 is 12.1 Å². The summed E-state index contributed by atoms with van der Waals surface area (Å²) < 4.78 is 31.4. The molecule has 1 saturated carbocycles. The van der Waals surface area contributed by atoms with Crippen LogP contribution < -0.4 is 5.32 Å². The summed E-state index contributed by atoms with van der Waals surface area (Å²) in [7, 11) is 0. The lowest BCUT2D eigenvalue weighted by molar-refractivity contribution is -0.143. The van der Waals surface area contributed by atoms with E-state index in [9.17, 15) is 18.4 Å². The first-order valence-corrected chi connectivity index (χ1v) is 6.45. The van der Waals surface area contributed by atoms with Crippen molar-refractivity contribution in [3.63, 3.8) is 0 Å². The number of amides is 1. The van der Waals surface area contributed by atoms with E-state index in [2.05, 4.69) is 5.32 Å². The number of halogens is 2. The monoisotopic (exact) mass is 299 g/mol. The highest BCUT2D eigenvalue weighted by Crippen LogP contribution is 2.39. The Morgan fingerprint density at radius 2 is 1.95 bits per heavy atom. The number of alkyl halides is 2. The number of alkyl carbamates (subject to hydrolysis) is 1. The number of carbonyl (C=O) groups is 2. The summed E-state index contributed by atoms with van der Waals surface area (Å²) in [4.78, 5) is 22.5. The molecule has 7 heteroatoms. The molecule has 2 N–H and O–H groups in total. The molecule has 0 saturated heterocycles. The Morgan fingerprint density at radius 1 is 1.29 bits per heavy atom. The van der Waals surface area contributed by atoms with Crippen LogP contribution in [-0.4, -0.2) is 29.1 Å². The summed E-state index contributed by atoms with van der Waals surface area (Å²) in [6.07, 6.45) is -2.36. The van der Waals surface area contributed by atoms with Gasteiger partial charge in [-0.25, -0.2) is 13.6 Å². The topological polar surface area (TPSA) is 75.6 Å². The molecule has 1 fully saturated rings. The number of ether oxygens (including phenoxy) is 1. The Bertz CT molecular complexity index is 521. The number of hydrogen-bond acceptors (Lipinski definition) is 3. The lowest BCUT2D eigenvalue weighted by Gasteiger charge is -2.16. The number of carboxylic acids is 1. The number of carboxylic acid groups (broad SMARTS) is 1. The number of rotatable bonds is 4. The number of nitrogens with one attached hydrogen (secondary N) is 1. The molecular weight excluding hydrogens is 284 g/mol. The van der Waals surface area contributed by atoms with Crippen LogP contribution in [-0.2, 0) is 16.1 Å². The largest absolute Gasteiger partial charge is 0.481 e. The number of aliphatic carboxylic acids is 1. The van der Waals surface area contributed by atoms with Crippen LogP contribution in [0.15, 0.2) is 30.3 Å². The lowest BCUT2D eigenvalue weighted by Crippen LogP contribution is -2.40. The number of benzene rings is 1. The minimum atomic E-state index is -3.08. The van der Waals surface area contributed by atoms with Gasteiger partial charge in [0, 0.05) is 12.8 Å². The molecule has 114 valence electrons. The Morgan fingerprint density at radius 3 is 2.57 bits per heavy atom. The molecule has 1 amide bonds. The van der Waals surface area contributed by atoms with Gasteiger partial charge in [-0.1, -0.05) is 30.3 Å². The van der Waals surface area contributed by atoms with Crippen molar-refractivity contribution in [1.82, 2.24) is 5.32 Å². The lowest BCUT2D eigenvalue weighted by atomic mass is 10.0. The number of carbonyl (C=O) groups excluding carboxylic acids is 1. The van der Waals surface area contributed by atoms with E-state index in [1.807, 2.05) is 6.07 Å². The van der Waals surface area contributed by atoms with Crippen LogP contribution in [0.5, 0.6) is 0 Å². The van der Waals surface area contributed by atoms with E-state index in [-0.39, 0.29) is 6.61 Å². The van der Waals surface area contributed by atoms with Gasteiger partial charge in [0.2, 0.25) is 0 Å². The molecule has 1 aromatic rings. The molecule has 1 aromatic carbocycles. The summed E-state index contributed by atoms with van der Waals surface area (Å²) in [5.74, 6) is -5.73. The molecule has 0 aromatic heterocycles. The highest BCUT2D eigenvalue weighted by Gasteiger charge is 2.50. The van der Waals surface area contributed by atoms with Gasteiger partial charge in [-0.3, -0.25) is 4.79 Å². The molecule has 0 spiro atoms. The average Bonchev–Trinajstić information content (AvgIpc) is 2.73. The zero-order chi connectivity index (χ0) is 15.5. The first kappa shape index (κ1) is 15.2. The average molecular weight is 299 g/mol. The van der Waals surface area contributed by atoms with Gasteiger partial charge in [0.25, 0.3) is 5.92 Å². The predicted octanol–water partition coefficient (Wildman–Crippen LogP) is 2.41. The quantitative estimate of drug-likeness (QED) is 0.895. The van der Waals surface area contributed by atoms with E-state index in [1.165, 1.54) is 0 Å². The Labute approximate surface area is 119 Å². The van der Waals surface area contributed by atoms with Crippen molar-refractivity contribution < 1.29 is 28.2 Å². The summed E-state index contributed by atoms with van der Waals surface area (Å²) in [6, 6.07) is 7.72. The zero-order valence-electron chi connectivity index (χ0n) is 11.1. The Hall–Kier alpha value is -2.18. The third-order valence-electron chi connectivity index (χ3n) is 3.36. The summed E-state index contributed by atoms with van der Waals surface area (Å²) in [5, 5.41) is 11.1. The minimum absolute atomic E-state index is 0.00642. The third kappa shape index (κ3) is 4.14. The van der Waals surface area contributed by atoms with Crippen molar-refractivity contribution in [2.45, 2.75) is 31.4 Å². The molecule has 1 aliphatic carbocycles.